The number of rotatable bonds is 4. The standard InChI is InChI=1S/C17H15F5O2/c1-16(24,15(18)19)13-8-6-11(7-9-13)10-2-4-12(5-3-10)14(23)17(20,21)22/h2-9,14-15,23-24H,1H3. The highest BCUT2D eigenvalue weighted by Gasteiger charge is 2.39. The van der Waals surface area contributed by atoms with Gasteiger partial charge in [0.1, 0.15) is 5.60 Å². The van der Waals surface area contributed by atoms with E-state index in [1.807, 2.05) is 0 Å². The molecule has 2 rings (SSSR count). The van der Waals surface area contributed by atoms with Gasteiger partial charge < -0.3 is 10.2 Å². The van der Waals surface area contributed by atoms with Gasteiger partial charge in [0.15, 0.2) is 6.10 Å². The van der Waals surface area contributed by atoms with Gasteiger partial charge in [-0.3, -0.25) is 0 Å². The molecule has 2 atom stereocenters. The zero-order valence-corrected chi connectivity index (χ0v) is 12.6. The van der Waals surface area contributed by atoms with E-state index in [1.165, 1.54) is 36.4 Å². The normalized spacial score (nSPS) is 16.0. The summed E-state index contributed by atoms with van der Waals surface area (Å²) in [6.45, 7) is 1.000. The Labute approximate surface area is 135 Å². The Morgan fingerprint density at radius 3 is 1.62 bits per heavy atom. The van der Waals surface area contributed by atoms with Crippen molar-refractivity contribution in [1.29, 1.82) is 0 Å². The van der Waals surface area contributed by atoms with Gasteiger partial charge in [-0.25, -0.2) is 8.78 Å². The van der Waals surface area contributed by atoms with E-state index in [9.17, 15) is 32.2 Å². The van der Waals surface area contributed by atoms with E-state index in [0.717, 1.165) is 19.1 Å². The average Bonchev–Trinajstić information content (AvgIpc) is 2.53. The first-order valence-electron chi connectivity index (χ1n) is 6.99. The molecule has 0 saturated heterocycles. The Balaban J connectivity index is 2.24. The molecule has 0 bridgehead atoms. The predicted octanol–water partition coefficient (Wildman–Crippen LogP) is 4.42. The first-order valence-corrected chi connectivity index (χ1v) is 6.99. The van der Waals surface area contributed by atoms with Crippen LogP contribution in [0.2, 0.25) is 0 Å². The van der Waals surface area contributed by atoms with E-state index >= 15 is 0 Å². The Bertz CT molecular complexity index is 676. The molecule has 0 aliphatic heterocycles. The minimum Gasteiger partial charge on any atom is -0.379 e. The van der Waals surface area contributed by atoms with Gasteiger partial charge in [-0.2, -0.15) is 13.2 Å². The van der Waals surface area contributed by atoms with Crippen molar-refractivity contribution in [3.8, 4) is 11.1 Å². The lowest BCUT2D eigenvalue weighted by Crippen LogP contribution is -2.30. The van der Waals surface area contributed by atoms with Crippen molar-refractivity contribution in [1.82, 2.24) is 0 Å². The van der Waals surface area contributed by atoms with Crippen LogP contribution in [0.25, 0.3) is 11.1 Å². The van der Waals surface area contributed by atoms with Crippen LogP contribution in [0.1, 0.15) is 24.2 Å². The molecule has 0 heterocycles. The molecule has 2 unspecified atom stereocenters. The Morgan fingerprint density at radius 1 is 0.833 bits per heavy atom. The summed E-state index contributed by atoms with van der Waals surface area (Å²) >= 11 is 0. The summed E-state index contributed by atoms with van der Waals surface area (Å²) < 4.78 is 62.9. The molecule has 2 nitrogen and oxygen atoms in total. The SMILES string of the molecule is CC(O)(c1ccc(-c2ccc(C(O)C(F)(F)F)cc2)cc1)C(F)F. The van der Waals surface area contributed by atoms with Gasteiger partial charge in [0, 0.05) is 0 Å². The fourth-order valence-electron chi connectivity index (χ4n) is 2.17. The second kappa shape index (κ2) is 6.49. The number of aliphatic hydroxyl groups is 2. The van der Waals surface area contributed by atoms with Crippen LogP contribution in [0.5, 0.6) is 0 Å². The largest absolute Gasteiger partial charge is 0.418 e. The maximum Gasteiger partial charge on any atom is 0.418 e. The lowest BCUT2D eigenvalue weighted by Gasteiger charge is -2.22. The fraction of sp³-hybridized carbons (Fsp3) is 0.294. The molecule has 0 aromatic heterocycles. The molecule has 0 aliphatic carbocycles. The summed E-state index contributed by atoms with van der Waals surface area (Å²) in [5, 5.41) is 18.9. The second-order valence-corrected chi connectivity index (χ2v) is 5.59. The van der Waals surface area contributed by atoms with E-state index in [-0.39, 0.29) is 11.1 Å². The fourth-order valence-corrected chi connectivity index (χ4v) is 2.17. The summed E-state index contributed by atoms with van der Waals surface area (Å²) in [6.07, 6.45) is -10.3. The minimum absolute atomic E-state index is 0.0327. The first-order chi connectivity index (χ1) is 11.0. The molecule has 130 valence electrons. The maximum atomic E-state index is 12.8. The zero-order chi connectivity index (χ0) is 18.1. The molecule has 2 aromatic rings. The van der Waals surface area contributed by atoms with Gasteiger partial charge in [0.2, 0.25) is 0 Å². The third kappa shape index (κ3) is 3.73. The van der Waals surface area contributed by atoms with E-state index in [1.54, 1.807) is 0 Å². The Hall–Kier alpha value is -1.99. The molecule has 0 saturated carbocycles. The predicted molar refractivity (Wildman–Crippen MR) is 78.5 cm³/mol. The third-order valence-electron chi connectivity index (χ3n) is 3.76. The number of benzene rings is 2. The van der Waals surface area contributed by atoms with Crippen molar-refractivity contribution >= 4 is 0 Å². The molecule has 7 heteroatoms. The molecule has 2 aromatic carbocycles. The summed E-state index contributed by atoms with van der Waals surface area (Å²) in [6, 6.07) is 10.7. The molecule has 0 fully saturated rings. The third-order valence-corrected chi connectivity index (χ3v) is 3.76. The van der Waals surface area contributed by atoms with Crippen LogP contribution in [0, 0.1) is 0 Å². The zero-order valence-electron chi connectivity index (χ0n) is 12.6. The van der Waals surface area contributed by atoms with Gasteiger partial charge in [0.25, 0.3) is 6.43 Å². The Morgan fingerprint density at radius 2 is 1.25 bits per heavy atom. The minimum atomic E-state index is -4.75. The smallest absolute Gasteiger partial charge is 0.379 e. The van der Waals surface area contributed by atoms with Crippen LogP contribution >= 0.6 is 0 Å². The monoisotopic (exact) mass is 346 g/mol. The molecule has 2 N–H and O–H groups in total. The van der Waals surface area contributed by atoms with E-state index < -0.39 is 24.3 Å². The van der Waals surface area contributed by atoms with Crippen LogP contribution in [0.15, 0.2) is 48.5 Å². The summed E-state index contributed by atoms with van der Waals surface area (Å²) in [7, 11) is 0. The number of alkyl halides is 5. The van der Waals surface area contributed by atoms with Crippen molar-refractivity contribution in [2.45, 2.75) is 31.2 Å². The van der Waals surface area contributed by atoms with E-state index in [4.69, 9.17) is 0 Å². The van der Waals surface area contributed by atoms with Crippen molar-refractivity contribution < 1.29 is 32.2 Å². The number of aliphatic hydroxyl groups excluding tert-OH is 1. The highest BCUT2D eigenvalue weighted by Crippen LogP contribution is 2.34. The van der Waals surface area contributed by atoms with Gasteiger partial charge in [-0.05, 0) is 29.2 Å². The van der Waals surface area contributed by atoms with Crippen molar-refractivity contribution in [3.05, 3.63) is 59.7 Å². The van der Waals surface area contributed by atoms with Gasteiger partial charge >= 0.3 is 6.18 Å². The van der Waals surface area contributed by atoms with Crippen molar-refractivity contribution in [3.63, 3.8) is 0 Å². The molecule has 24 heavy (non-hydrogen) atoms. The van der Waals surface area contributed by atoms with Gasteiger partial charge in [-0.1, -0.05) is 48.5 Å². The van der Waals surface area contributed by atoms with Gasteiger partial charge in [-0.15, -0.1) is 0 Å². The average molecular weight is 346 g/mol. The van der Waals surface area contributed by atoms with Gasteiger partial charge in [0.05, 0.1) is 0 Å². The highest BCUT2D eigenvalue weighted by atomic mass is 19.4. The van der Waals surface area contributed by atoms with Crippen molar-refractivity contribution in [2.75, 3.05) is 0 Å². The van der Waals surface area contributed by atoms with Crippen LogP contribution in [-0.4, -0.2) is 22.8 Å². The molecule has 0 radical (unpaired) electrons. The number of halogens is 5. The summed E-state index contributed by atoms with van der Waals surface area (Å²) in [4.78, 5) is 0. The Kier molecular flexibility index (Phi) is 4.96. The topological polar surface area (TPSA) is 40.5 Å². The lowest BCUT2D eigenvalue weighted by atomic mass is 9.94. The number of hydrogen-bond donors (Lipinski definition) is 2. The van der Waals surface area contributed by atoms with Crippen LogP contribution < -0.4 is 0 Å². The summed E-state index contributed by atoms with van der Waals surface area (Å²) in [5.41, 5.74) is -1.40. The highest BCUT2D eigenvalue weighted by molar-refractivity contribution is 5.64. The summed E-state index contributed by atoms with van der Waals surface area (Å²) in [5.74, 6) is 0. The number of hydrogen-bond acceptors (Lipinski definition) is 2. The molecule has 0 amide bonds. The second-order valence-electron chi connectivity index (χ2n) is 5.59. The van der Waals surface area contributed by atoms with E-state index in [2.05, 4.69) is 0 Å². The van der Waals surface area contributed by atoms with Crippen LogP contribution in [0.3, 0.4) is 0 Å². The van der Waals surface area contributed by atoms with Crippen molar-refractivity contribution in [2.24, 2.45) is 0 Å². The molecule has 0 spiro atoms. The van der Waals surface area contributed by atoms with Crippen LogP contribution in [0.4, 0.5) is 22.0 Å². The molecular formula is C17H15F5O2. The maximum absolute atomic E-state index is 12.8. The van der Waals surface area contributed by atoms with Crippen LogP contribution in [-0.2, 0) is 5.60 Å². The van der Waals surface area contributed by atoms with E-state index in [0.29, 0.717) is 11.1 Å². The molecule has 0 aliphatic rings. The lowest BCUT2D eigenvalue weighted by molar-refractivity contribution is -0.206. The first kappa shape index (κ1) is 18.4. The molecular weight excluding hydrogens is 331 g/mol. The quantitative estimate of drug-likeness (QED) is 0.805.